The van der Waals surface area contributed by atoms with Crippen molar-refractivity contribution < 1.29 is 13.2 Å². The van der Waals surface area contributed by atoms with E-state index in [9.17, 15) is 13.2 Å². The molecule has 0 aromatic heterocycles. The molecule has 16 heavy (non-hydrogen) atoms. The van der Waals surface area contributed by atoms with Crippen LogP contribution in [0.15, 0.2) is 0 Å². The van der Waals surface area contributed by atoms with Crippen LogP contribution in [0.5, 0.6) is 0 Å². The van der Waals surface area contributed by atoms with Crippen LogP contribution >= 0.6 is 11.8 Å². The van der Waals surface area contributed by atoms with Gasteiger partial charge in [-0.1, -0.05) is 0 Å². The van der Waals surface area contributed by atoms with Crippen molar-refractivity contribution in [3.8, 4) is 0 Å². The van der Waals surface area contributed by atoms with Crippen molar-refractivity contribution >= 4 is 27.5 Å². The Balaban J connectivity index is 2.15. The third-order valence-corrected chi connectivity index (χ3v) is 4.30. The quantitative estimate of drug-likeness (QED) is 0.684. The minimum atomic E-state index is -2.99. The van der Waals surface area contributed by atoms with E-state index in [0.717, 1.165) is 18.1 Å². The number of carbonyl (C=O) groups is 1. The smallest absolute Gasteiger partial charge is 0.221 e. The van der Waals surface area contributed by atoms with E-state index in [1.165, 1.54) is 6.26 Å². The van der Waals surface area contributed by atoms with Crippen LogP contribution in [0, 0.1) is 0 Å². The van der Waals surface area contributed by atoms with Gasteiger partial charge in [-0.05, 0) is 0 Å². The van der Waals surface area contributed by atoms with Crippen molar-refractivity contribution in [3.63, 3.8) is 0 Å². The molecule has 0 saturated carbocycles. The lowest BCUT2D eigenvalue weighted by Gasteiger charge is -2.22. The minimum Gasteiger partial charge on any atom is -0.355 e. The highest BCUT2D eigenvalue weighted by atomic mass is 32.2. The summed E-state index contributed by atoms with van der Waals surface area (Å²) in [6, 6.07) is 0.219. The number of nitrogens with one attached hydrogen (secondary N) is 2. The Morgan fingerprint density at radius 2 is 2.31 bits per heavy atom. The zero-order valence-electron chi connectivity index (χ0n) is 9.36. The van der Waals surface area contributed by atoms with Crippen molar-refractivity contribution in [2.75, 3.05) is 36.6 Å². The fourth-order valence-electron chi connectivity index (χ4n) is 1.42. The Bertz CT molecular complexity index is 324. The fraction of sp³-hybridized carbons (Fsp3) is 0.889. The van der Waals surface area contributed by atoms with Crippen LogP contribution in [-0.2, 0) is 14.6 Å². The van der Waals surface area contributed by atoms with E-state index >= 15 is 0 Å². The number of hydrogen-bond donors (Lipinski definition) is 2. The zero-order chi connectivity index (χ0) is 12.0. The Morgan fingerprint density at radius 3 is 2.88 bits per heavy atom. The molecule has 1 rings (SSSR count). The van der Waals surface area contributed by atoms with Gasteiger partial charge < -0.3 is 10.6 Å². The van der Waals surface area contributed by atoms with Crippen LogP contribution in [0.2, 0.25) is 0 Å². The second kappa shape index (κ2) is 6.46. The lowest BCUT2D eigenvalue weighted by atomic mass is 10.2. The molecule has 0 radical (unpaired) electrons. The summed E-state index contributed by atoms with van der Waals surface area (Å²) >= 11 is 1.83. The monoisotopic (exact) mass is 266 g/mol. The first-order chi connectivity index (χ1) is 7.47. The van der Waals surface area contributed by atoms with Crippen LogP contribution in [0.3, 0.4) is 0 Å². The van der Waals surface area contributed by atoms with Crippen LogP contribution in [0.25, 0.3) is 0 Å². The lowest BCUT2D eigenvalue weighted by molar-refractivity contribution is -0.121. The molecule has 1 unspecified atom stereocenters. The van der Waals surface area contributed by atoms with Gasteiger partial charge in [-0.2, -0.15) is 11.8 Å². The predicted molar refractivity (Wildman–Crippen MR) is 66.5 cm³/mol. The third kappa shape index (κ3) is 6.34. The molecule has 0 aromatic carbocycles. The van der Waals surface area contributed by atoms with Crippen LogP contribution < -0.4 is 10.6 Å². The highest BCUT2D eigenvalue weighted by Crippen LogP contribution is 2.09. The number of hydrogen-bond acceptors (Lipinski definition) is 5. The van der Waals surface area contributed by atoms with Crippen molar-refractivity contribution in [3.05, 3.63) is 0 Å². The summed E-state index contributed by atoms with van der Waals surface area (Å²) in [7, 11) is -2.99. The lowest BCUT2D eigenvalue weighted by Crippen LogP contribution is -2.41. The molecule has 1 aliphatic rings. The molecular formula is C9H18N2O3S2. The van der Waals surface area contributed by atoms with E-state index in [-0.39, 0.29) is 24.2 Å². The second-order valence-corrected chi connectivity index (χ2v) is 7.32. The molecule has 5 nitrogen and oxygen atoms in total. The van der Waals surface area contributed by atoms with Crippen molar-refractivity contribution in [1.82, 2.24) is 10.6 Å². The van der Waals surface area contributed by atoms with Gasteiger partial charge in [-0.15, -0.1) is 0 Å². The summed E-state index contributed by atoms with van der Waals surface area (Å²) < 4.78 is 21.7. The molecule has 2 N–H and O–H groups in total. The van der Waals surface area contributed by atoms with Gasteiger partial charge in [-0.3, -0.25) is 4.79 Å². The van der Waals surface area contributed by atoms with E-state index in [1.807, 2.05) is 11.8 Å². The second-order valence-electron chi connectivity index (χ2n) is 3.91. The number of sulfone groups is 1. The van der Waals surface area contributed by atoms with Gasteiger partial charge in [0.05, 0.1) is 5.75 Å². The highest BCUT2D eigenvalue weighted by molar-refractivity contribution is 7.99. The zero-order valence-corrected chi connectivity index (χ0v) is 11.0. The van der Waals surface area contributed by atoms with E-state index in [2.05, 4.69) is 10.6 Å². The minimum absolute atomic E-state index is 0.00554. The molecule has 1 aliphatic heterocycles. The standard InChI is InChI=1S/C9H18N2O3S2/c1-16(13,14)5-3-11-9(12)6-8-7-15-4-2-10-8/h8,10H,2-7H2,1H3,(H,11,12). The number of carbonyl (C=O) groups excluding carboxylic acids is 1. The maximum atomic E-state index is 11.4. The van der Waals surface area contributed by atoms with E-state index in [1.54, 1.807) is 0 Å². The molecule has 0 aliphatic carbocycles. The normalized spacial score (nSPS) is 21.7. The van der Waals surface area contributed by atoms with E-state index in [0.29, 0.717) is 6.42 Å². The molecule has 0 aromatic rings. The van der Waals surface area contributed by atoms with Gasteiger partial charge in [0.15, 0.2) is 0 Å². The van der Waals surface area contributed by atoms with Crippen molar-refractivity contribution in [2.45, 2.75) is 12.5 Å². The third-order valence-electron chi connectivity index (χ3n) is 2.23. The molecule has 7 heteroatoms. The molecule has 0 bridgehead atoms. The Labute approximate surface area is 101 Å². The molecule has 1 atom stereocenters. The summed E-state index contributed by atoms with van der Waals surface area (Å²) in [6.45, 7) is 1.14. The van der Waals surface area contributed by atoms with Crippen LogP contribution in [0.1, 0.15) is 6.42 Å². The predicted octanol–water partition coefficient (Wildman–Crippen LogP) is -0.758. The largest absolute Gasteiger partial charge is 0.355 e. The van der Waals surface area contributed by atoms with Gasteiger partial charge in [0.25, 0.3) is 0 Å². The van der Waals surface area contributed by atoms with Crippen molar-refractivity contribution in [2.24, 2.45) is 0 Å². The summed E-state index contributed by atoms with van der Waals surface area (Å²) in [5, 5.41) is 5.88. The average Bonchev–Trinajstić information content (AvgIpc) is 2.17. The first kappa shape index (κ1) is 13.8. The van der Waals surface area contributed by atoms with Crippen LogP contribution in [0.4, 0.5) is 0 Å². The first-order valence-electron chi connectivity index (χ1n) is 5.23. The number of amides is 1. The van der Waals surface area contributed by atoms with Gasteiger partial charge in [-0.25, -0.2) is 8.42 Å². The maximum absolute atomic E-state index is 11.4. The Kier molecular flexibility index (Phi) is 5.57. The molecular weight excluding hydrogens is 248 g/mol. The highest BCUT2D eigenvalue weighted by Gasteiger charge is 2.16. The summed E-state index contributed by atoms with van der Waals surface area (Å²) in [5.41, 5.74) is 0. The van der Waals surface area contributed by atoms with Gasteiger partial charge in [0.1, 0.15) is 9.84 Å². The maximum Gasteiger partial charge on any atom is 0.221 e. The SMILES string of the molecule is CS(=O)(=O)CCNC(=O)CC1CSCCN1. The summed E-state index contributed by atoms with van der Waals surface area (Å²) in [4.78, 5) is 11.4. The number of rotatable bonds is 5. The van der Waals surface area contributed by atoms with E-state index in [4.69, 9.17) is 0 Å². The summed E-state index contributed by atoms with van der Waals surface area (Å²) in [5.74, 6) is 1.96. The summed E-state index contributed by atoms with van der Waals surface area (Å²) in [6.07, 6.45) is 1.59. The van der Waals surface area contributed by atoms with Gasteiger partial charge >= 0.3 is 0 Å². The molecule has 94 valence electrons. The molecule has 1 amide bonds. The average molecular weight is 266 g/mol. The Morgan fingerprint density at radius 1 is 1.56 bits per heavy atom. The molecule has 0 spiro atoms. The molecule has 1 heterocycles. The van der Waals surface area contributed by atoms with E-state index < -0.39 is 9.84 Å². The van der Waals surface area contributed by atoms with Crippen LogP contribution in [-0.4, -0.2) is 57.0 Å². The van der Waals surface area contributed by atoms with Crippen molar-refractivity contribution in [1.29, 1.82) is 0 Å². The van der Waals surface area contributed by atoms with Gasteiger partial charge in [0, 0.05) is 43.3 Å². The number of thioether (sulfide) groups is 1. The van der Waals surface area contributed by atoms with Gasteiger partial charge in [0.2, 0.25) is 5.91 Å². The first-order valence-corrected chi connectivity index (χ1v) is 8.44. The Hall–Kier alpha value is -0.270. The molecule has 1 fully saturated rings. The topological polar surface area (TPSA) is 75.3 Å². The molecule has 1 saturated heterocycles. The fourth-order valence-corrected chi connectivity index (χ4v) is 2.84.